The van der Waals surface area contributed by atoms with Gasteiger partial charge in [0.2, 0.25) is 0 Å². The molecule has 0 aliphatic rings. The van der Waals surface area contributed by atoms with E-state index < -0.39 is 18.0 Å². The number of carboxylic acids is 1. The van der Waals surface area contributed by atoms with Gasteiger partial charge in [0, 0.05) is 6.54 Å². The Morgan fingerprint density at radius 2 is 1.85 bits per heavy atom. The molecule has 0 saturated carbocycles. The van der Waals surface area contributed by atoms with Crippen LogP contribution in [0.25, 0.3) is 10.8 Å². The highest BCUT2D eigenvalue weighted by molar-refractivity contribution is 5.86. The zero-order valence-corrected chi connectivity index (χ0v) is 11.1. The molecule has 5 nitrogen and oxygen atoms in total. The van der Waals surface area contributed by atoms with E-state index >= 15 is 0 Å². The molecule has 0 radical (unpaired) electrons. The first kappa shape index (κ1) is 13.9. The SMILES string of the molecule is CC(NC(=O)NCc1cccc2ccccc12)C(=O)O. The Bertz CT molecular complexity index is 635. The molecule has 2 amide bonds. The maximum absolute atomic E-state index is 11.6. The minimum absolute atomic E-state index is 0.347. The van der Waals surface area contributed by atoms with E-state index in [0.29, 0.717) is 6.54 Å². The second-order valence-electron chi connectivity index (χ2n) is 4.53. The monoisotopic (exact) mass is 272 g/mol. The first-order chi connectivity index (χ1) is 9.58. The molecule has 1 unspecified atom stereocenters. The van der Waals surface area contributed by atoms with Crippen LogP contribution in [0.4, 0.5) is 4.79 Å². The van der Waals surface area contributed by atoms with Crippen molar-refractivity contribution in [2.75, 3.05) is 0 Å². The van der Waals surface area contributed by atoms with Crippen LogP contribution in [0.5, 0.6) is 0 Å². The summed E-state index contributed by atoms with van der Waals surface area (Å²) in [4.78, 5) is 22.2. The van der Waals surface area contributed by atoms with Crippen molar-refractivity contribution in [3.05, 3.63) is 48.0 Å². The quantitative estimate of drug-likeness (QED) is 0.797. The van der Waals surface area contributed by atoms with Crippen molar-refractivity contribution in [2.24, 2.45) is 0 Å². The van der Waals surface area contributed by atoms with E-state index in [9.17, 15) is 9.59 Å². The van der Waals surface area contributed by atoms with E-state index in [1.165, 1.54) is 6.92 Å². The summed E-state index contributed by atoms with van der Waals surface area (Å²) in [7, 11) is 0. The van der Waals surface area contributed by atoms with Crippen LogP contribution in [-0.2, 0) is 11.3 Å². The fourth-order valence-corrected chi connectivity index (χ4v) is 1.93. The smallest absolute Gasteiger partial charge is 0.325 e. The third kappa shape index (κ3) is 3.26. The van der Waals surface area contributed by atoms with Gasteiger partial charge in [-0.25, -0.2) is 4.79 Å². The third-order valence-electron chi connectivity index (χ3n) is 3.04. The minimum atomic E-state index is -1.06. The van der Waals surface area contributed by atoms with Crippen LogP contribution >= 0.6 is 0 Å². The Kier molecular flexibility index (Phi) is 4.20. The molecule has 0 saturated heterocycles. The van der Waals surface area contributed by atoms with E-state index in [1.807, 2.05) is 42.5 Å². The predicted octanol–water partition coefficient (Wildman–Crippen LogP) is 2.11. The van der Waals surface area contributed by atoms with Gasteiger partial charge in [-0.1, -0.05) is 42.5 Å². The number of urea groups is 1. The van der Waals surface area contributed by atoms with Gasteiger partial charge < -0.3 is 15.7 Å². The second-order valence-corrected chi connectivity index (χ2v) is 4.53. The molecular weight excluding hydrogens is 256 g/mol. The number of benzene rings is 2. The number of carbonyl (C=O) groups is 2. The summed E-state index contributed by atoms with van der Waals surface area (Å²) in [5, 5.41) is 15.9. The summed E-state index contributed by atoms with van der Waals surface area (Å²) in [6.45, 7) is 1.76. The van der Waals surface area contributed by atoms with Gasteiger partial charge in [-0.05, 0) is 23.3 Å². The fourth-order valence-electron chi connectivity index (χ4n) is 1.93. The van der Waals surface area contributed by atoms with Crippen LogP contribution < -0.4 is 10.6 Å². The van der Waals surface area contributed by atoms with E-state index in [0.717, 1.165) is 16.3 Å². The Hall–Kier alpha value is -2.56. The molecule has 0 aliphatic carbocycles. The molecule has 1 atom stereocenters. The Morgan fingerprint density at radius 3 is 2.60 bits per heavy atom. The minimum Gasteiger partial charge on any atom is -0.480 e. The number of hydrogen-bond donors (Lipinski definition) is 3. The molecule has 2 rings (SSSR count). The summed E-state index contributed by atoms with van der Waals surface area (Å²) in [5.41, 5.74) is 0.987. The first-order valence-electron chi connectivity index (χ1n) is 6.32. The van der Waals surface area contributed by atoms with Crippen molar-refractivity contribution in [3.63, 3.8) is 0 Å². The number of hydrogen-bond acceptors (Lipinski definition) is 2. The third-order valence-corrected chi connectivity index (χ3v) is 3.04. The van der Waals surface area contributed by atoms with E-state index in [4.69, 9.17) is 5.11 Å². The average Bonchev–Trinajstić information content (AvgIpc) is 2.44. The highest BCUT2D eigenvalue weighted by Gasteiger charge is 2.13. The molecule has 0 aromatic heterocycles. The number of aliphatic carboxylic acids is 1. The molecule has 0 spiro atoms. The Labute approximate surface area is 116 Å². The van der Waals surface area contributed by atoms with Gasteiger partial charge in [0.25, 0.3) is 0 Å². The predicted molar refractivity (Wildman–Crippen MR) is 76.4 cm³/mol. The summed E-state index contributed by atoms with van der Waals surface area (Å²) >= 11 is 0. The van der Waals surface area contributed by atoms with Crippen molar-refractivity contribution in [2.45, 2.75) is 19.5 Å². The van der Waals surface area contributed by atoms with Crippen LogP contribution in [0.1, 0.15) is 12.5 Å². The maximum Gasteiger partial charge on any atom is 0.325 e. The number of carboxylic acid groups (broad SMARTS) is 1. The molecule has 0 aliphatic heterocycles. The Balaban J connectivity index is 2.03. The largest absolute Gasteiger partial charge is 0.480 e. The van der Waals surface area contributed by atoms with Crippen LogP contribution in [0.15, 0.2) is 42.5 Å². The van der Waals surface area contributed by atoms with E-state index in [2.05, 4.69) is 10.6 Å². The lowest BCUT2D eigenvalue weighted by Gasteiger charge is -2.12. The van der Waals surface area contributed by atoms with Crippen molar-refractivity contribution in [3.8, 4) is 0 Å². The standard InChI is InChI=1S/C15H16N2O3/c1-10(14(18)19)17-15(20)16-9-12-7-4-6-11-5-2-3-8-13(11)12/h2-8,10H,9H2,1H3,(H,18,19)(H2,16,17,20). The van der Waals surface area contributed by atoms with Crippen molar-refractivity contribution < 1.29 is 14.7 Å². The maximum atomic E-state index is 11.6. The summed E-state index contributed by atoms with van der Waals surface area (Å²) in [6.07, 6.45) is 0. The van der Waals surface area contributed by atoms with Crippen molar-refractivity contribution >= 4 is 22.8 Å². The molecule has 5 heteroatoms. The number of nitrogens with one attached hydrogen (secondary N) is 2. The number of carbonyl (C=O) groups excluding carboxylic acids is 1. The van der Waals surface area contributed by atoms with Crippen molar-refractivity contribution in [1.82, 2.24) is 10.6 Å². The van der Waals surface area contributed by atoms with Gasteiger partial charge in [0.1, 0.15) is 6.04 Å². The van der Waals surface area contributed by atoms with Gasteiger partial charge in [0.15, 0.2) is 0 Å². The summed E-state index contributed by atoms with van der Waals surface area (Å²) in [6, 6.07) is 12.4. The zero-order valence-electron chi connectivity index (χ0n) is 11.1. The molecule has 3 N–H and O–H groups in total. The zero-order chi connectivity index (χ0) is 14.5. The molecule has 0 bridgehead atoms. The fraction of sp³-hybridized carbons (Fsp3) is 0.200. The average molecular weight is 272 g/mol. The topological polar surface area (TPSA) is 78.4 Å². The summed E-state index contributed by atoms with van der Waals surface area (Å²) in [5.74, 6) is -1.06. The Morgan fingerprint density at radius 1 is 1.15 bits per heavy atom. The molecule has 2 aromatic rings. The highest BCUT2D eigenvalue weighted by Crippen LogP contribution is 2.18. The van der Waals surface area contributed by atoms with Gasteiger partial charge >= 0.3 is 12.0 Å². The lowest BCUT2D eigenvalue weighted by Crippen LogP contribution is -2.44. The van der Waals surface area contributed by atoms with Crippen LogP contribution in [0.3, 0.4) is 0 Å². The molecule has 104 valence electrons. The van der Waals surface area contributed by atoms with E-state index in [1.54, 1.807) is 0 Å². The number of rotatable bonds is 4. The number of fused-ring (bicyclic) bond motifs is 1. The van der Waals surface area contributed by atoms with Crippen LogP contribution in [-0.4, -0.2) is 23.1 Å². The normalized spacial score (nSPS) is 11.8. The van der Waals surface area contributed by atoms with Crippen molar-refractivity contribution in [1.29, 1.82) is 0 Å². The lowest BCUT2D eigenvalue weighted by atomic mass is 10.0. The molecule has 2 aromatic carbocycles. The first-order valence-corrected chi connectivity index (χ1v) is 6.32. The molecule has 0 heterocycles. The van der Waals surface area contributed by atoms with Gasteiger partial charge in [-0.2, -0.15) is 0 Å². The molecule has 20 heavy (non-hydrogen) atoms. The second kappa shape index (κ2) is 6.06. The van der Waals surface area contributed by atoms with E-state index in [-0.39, 0.29) is 0 Å². The highest BCUT2D eigenvalue weighted by atomic mass is 16.4. The molecule has 0 fully saturated rings. The molecular formula is C15H16N2O3. The van der Waals surface area contributed by atoms with Gasteiger partial charge in [-0.15, -0.1) is 0 Å². The van der Waals surface area contributed by atoms with Gasteiger partial charge in [0.05, 0.1) is 0 Å². The number of amides is 2. The lowest BCUT2D eigenvalue weighted by molar-refractivity contribution is -0.138. The summed E-state index contributed by atoms with van der Waals surface area (Å²) < 4.78 is 0. The van der Waals surface area contributed by atoms with Crippen LogP contribution in [0.2, 0.25) is 0 Å². The van der Waals surface area contributed by atoms with Crippen LogP contribution in [0, 0.1) is 0 Å². The van der Waals surface area contributed by atoms with Gasteiger partial charge in [-0.3, -0.25) is 4.79 Å².